The zero-order chi connectivity index (χ0) is 14.5. The predicted molar refractivity (Wildman–Crippen MR) is 76.3 cm³/mol. The summed E-state index contributed by atoms with van der Waals surface area (Å²) >= 11 is 5.80. The van der Waals surface area contributed by atoms with E-state index in [0.717, 1.165) is 32.1 Å². The van der Waals surface area contributed by atoms with Gasteiger partial charge in [-0.2, -0.15) is 0 Å². The number of carbonyl (C=O) groups is 1. The highest BCUT2D eigenvalue weighted by molar-refractivity contribution is 6.31. The van der Waals surface area contributed by atoms with Gasteiger partial charge in [0.05, 0.1) is 5.56 Å². The number of carbonyl (C=O) groups excluding carboxylic acids is 1. The lowest BCUT2D eigenvalue weighted by molar-refractivity contribution is 0.0895. The quantitative estimate of drug-likeness (QED) is 0.842. The second kappa shape index (κ2) is 7.04. The minimum atomic E-state index is -0.582. The largest absolute Gasteiger partial charge is 0.396 e. The second-order valence-corrected chi connectivity index (χ2v) is 5.72. The standard InChI is InChI=1S/C15H19ClFNO2/c16-11-6-7-13(17)12(8-11)15(20)18-14-5-3-1-2-4-10(14)9-19/h6-8,10,14,19H,1-5,9H2,(H,18,20). The Morgan fingerprint density at radius 1 is 1.35 bits per heavy atom. The lowest BCUT2D eigenvalue weighted by Gasteiger charge is -2.24. The summed E-state index contributed by atoms with van der Waals surface area (Å²) < 4.78 is 13.7. The van der Waals surface area contributed by atoms with Gasteiger partial charge < -0.3 is 10.4 Å². The average molecular weight is 300 g/mol. The molecule has 2 rings (SSSR count). The van der Waals surface area contributed by atoms with Gasteiger partial charge in [0.15, 0.2) is 0 Å². The van der Waals surface area contributed by atoms with E-state index in [4.69, 9.17) is 11.6 Å². The minimum Gasteiger partial charge on any atom is -0.396 e. The van der Waals surface area contributed by atoms with Crippen LogP contribution in [0.5, 0.6) is 0 Å². The van der Waals surface area contributed by atoms with E-state index in [-0.39, 0.29) is 24.1 Å². The van der Waals surface area contributed by atoms with E-state index in [1.807, 2.05) is 0 Å². The minimum absolute atomic E-state index is 0.0431. The smallest absolute Gasteiger partial charge is 0.254 e. The number of halogens is 2. The van der Waals surface area contributed by atoms with Crippen molar-refractivity contribution in [2.45, 2.75) is 38.1 Å². The maximum atomic E-state index is 13.7. The third-order valence-corrected chi connectivity index (χ3v) is 4.12. The van der Waals surface area contributed by atoms with Gasteiger partial charge in [0, 0.05) is 23.6 Å². The molecule has 2 N–H and O–H groups in total. The van der Waals surface area contributed by atoms with E-state index in [1.165, 1.54) is 18.2 Å². The van der Waals surface area contributed by atoms with E-state index >= 15 is 0 Å². The number of aliphatic hydroxyl groups is 1. The number of hydrogen-bond acceptors (Lipinski definition) is 2. The lowest BCUT2D eigenvalue weighted by Crippen LogP contribution is -2.41. The second-order valence-electron chi connectivity index (χ2n) is 5.28. The summed E-state index contributed by atoms with van der Waals surface area (Å²) in [5.74, 6) is -1.000. The van der Waals surface area contributed by atoms with Crippen LogP contribution in [0.4, 0.5) is 4.39 Å². The van der Waals surface area contributed by atoms with Crippen LogP contribution >= 0.6 is 11.6 Å². The molecule has 1 aliphatic rings. The Labute approximate surface area is 123 Å². The fourth-order valence-corrected chi connectivity index (χ4v) is 2.88. The van der Waals surface area contributed by atoms with Crippen molar-refractivity contribution < 1.29 is 14.3 Å². The molecule has 0 aliphatic heterocycles. The molecule has 5 heteroatoms. The molecular formula is C15H19ClFNO2. The first-order chi connectivity index (χ1) is 9.61. The van der Waals surface area contributed by atoms with Crippen LogP contribution in [0.25, 0.3) is 0 Å². The molecule has 0 bridgehead atoms. The summed E-state index contributed by atoms with van der Waals surface area (Å²) in [5.41, 5.74) is -0.0431. The van der Waals surface area contributed by atoms with Gasteiger partial charge in [-0.25, -0.2) is 4.39 Å². The molecule has 1 aromatic rings. The molecule has 1 fully saturated rings. The Kier molecular flexibility index (Phi) is 5.38. The molecule has 2 unspecified atom stereocenters. The van der Waals surface area contributed by atoms with Crippen LogP contribution in [-0.2, 0) is 0 Å². The van der Waals surface area contributed by atoms with E-state index in [2.05, 4.69) is 5.32 Å². The van der Waals surface area contributed by atoms with Crippen LogP contribution in [0, 0.1) is 11.7 Å². The fourth-order valence-electron chi connectivity index (χ4n) is 2.71. The Hall–Kier alpha value is -1.13. The molecule has 1 saturated carbocycles. The van der Waals surface area contributed by atoms with Crippen LogP contribution in [0.3, 0.4) is 0 Å². The fraction of sp³-hybridized carbons (Fsp3) is 0.533. The Balaban J connectivity index is 2.11. The van der Waals surface area contributed by atoms with E-state index in [0.29, 0.717) is 5.02 Å². The zero-order valence-corrected chi connectivity index (χ0v) is 12.0. The van der Waals surface area contributed by atoms with E-state index in [9.17, 15) is 14.3 Å². The third kappa shape index (κ3) is 3.70. The summed E-state index contributed by atoms with van der Waals surface area (Å²) in [6.45, 7) is 0.0446. The molecular weight excluding hydrogens is 281 g/mol. The maximum Gasteiger partial charge on any atom is 0.254 e. The van der Waals surface area contributed by atoms with Crippen LogP contribution in [0.15, 0.2) is 18.2 Å². The Bertz CT molecular complexity index is 481. The molecule has 20 heavy (non-hydrogen) atoms. The summed E-state index contributed by atoms with van der Waals surface area (Å²) in [6.07, 6.45) is 4.88. The normalized spacial score (nSPS) is 23.1. The van der Waals surface area contributed by atoms with Crippen molar-refractivity contribution in [1.29, 1.82) is 0 Å². The SMILES string of the molecule is O=C(NC1CCCCCC1CO)c1cc(Cl)ccc1F. The van der Waals surface area contributed by atoms with E-state index < -0.39 is 11.7 Å². The van der Waals surface area contributed by atoms with E-state index in [1.54, 1.807) is 0 Å². The van der Waals surface area contributed by atoms with Gasteiger partial charge >= 0.3 is 0 Å². The number of aliphatic hydroxyl groups excluding tert-OH is 1. The maximum absolute atomic E-state index is 13.7. The van der Waals surface area contributed by atoms with Crippen molar-refractivity contribution in [2.75, 3.05) is 6.61 Å². The molecule has 1 amide bonds. The summed E-state index contributed by atoms with van der Waals surface area (Å²) in [6, 6.07) is 3.83. The average Bonchev–Trinajstić information content (AvgIpc) is 2.66. The monoisotopic (exact) mass is 299 g/mol. The van der Waals surface area contributed by atoms with Crippen molar-refractivity contribution in [3.63, 3.8) is 0 Å². The molecule has 3 nitrogen and oxygen atoms in total. The van der Waals surface area contributed by atoms with Gasteiger partial charge in [0.1, 0.15) is 5.82 Å². The highest BCUT2D eigenvalue weighted by Gasteiger charge is 2.25. The number of hydrogen-bond donors (Lipinski definition) is 2. The lowest BCUT2D eigenvalue weighted by atomic mass is 9.95. The number of rotatable bonds is 3. The molecule has 0 spiro atoms. The number of benzene rings is 1. The van der Waals surface area contributed by atoms with Crippen LogP contribution in [0.2, 0.25) is 5.02 Å². The first-order valence-corrected chi connectivity index (χ1v) is 7.36. The summed E-state index contributed by atoms with van der Waals surface area (Å²) in [5, 5.41) is 12.6. The highest BCUT2D eigenvalue weighted by Crippen LogP contribution is 2.24. The van der Waals surface area contributed by atoms with Crippen molar-refractivity contribution in [3.8, 4) is 0 Å². The summed E-state index contributed by atoms with van der Waals surface area (Å²) in [7, 11) is 0. The van der Waals surface area contributed by atoms with Crippen molar-refractivity contribution >= 4 is 17.5 Å². The van der Waals surface area contributed by atoms with Crippen LogP contribution < -0.4 is 5.32 Å². The molecule has 0 aromatic heterocycles. The van der Waals surface area contributed by atoms with Crippen LogP contribution in [0.1, 0.15) is 42.5 Å². The predicted octanol–water partition coefficient (Wildman–Crippen LogP) is 3.15. The topological polar surface area (TPSA) is 49.3 Å². The molecule has 2 atom stereocenters. The van der Waals surface area contributed by atoms with Gasteiger partial charge in [-0.05, 0) is 31.0 Å². The van der Waals surface area contributed by atoms with Crippen molar-refractivity contribution in [3.05, 3.63) is 34.6 Å². The van der Waals surface area contributed by atoms with Gasteiger partial charge in [0.2, 0.25) is 0 Å². The van der Waals surface area contributed by atoms with Gasteiger partial charge in [-0.1, -0.05) is 30.9 Å². The molecule has 1 aromatic carbocycles. The number of amides is 1. The van der Waals surface area contributed by atoms with Crippen LogP contribution in [-0.4, -0.2) is 23.7 Å². The molecule has 0 radical (unpaired) electrons. The zero-order valence-electron chi connectivity index (χ0n) is 11.2. The molecule has 1 aliphatic carbocycles. The Morgan fingerprint density at radius 3 is 2.85 bits per heavy atom. The van der Waals surface area contributed by atoms with Crippen molar-refractivity contribution in [1.82, 2.24) is 5.32 Å². The molecule has 110 valence electrons. The summed E-state index contributed by atoms with van der Waals surface area (Å²) in [4.78, 5) is 12.2. The van der Waals surface area contributed by atoms with Gasteiger partial charge in [0.25, 0.3) is 5.91 Å². The first kappa shape index (κ1) is 15.3. The third-order valence-electron chi connectivity index (χ3n) is 3.88. The molecule has 0 heterocycles. The molecule has 0 saturated heterocycles. The highest BCUT2D eigenvalue weighted by atomic mass is 35.5. The van der Waals surface area contributed by atoms with Crippen molar-refractivity contribution in [2.24, 2.45) is 5.92 Å². The van der Waals surface area contributed by atoms with Gasteiger partial charge in [-0.3, -0.25) is 4.79 Å². The van der Waals surface area contributed by atoms with Gasteiger partial charge in [-0.15, -0.1) is 0 Å². The number of nitrogens with one attached hydrogen (secondary N) is 1. The Morgan fingerprint density at radius 2 is 2.10 bits per heavy atom. The first-order valence-electron chi connectivity index (χ1n) is 6.98.